The molecule has 18 heavy (non-hydrogen) atoms. The highest BCUT2D eigenvalue weighted by molar-refractivity contribution is 5.83. The summed E-state index contributed by atoms with van der Waals surface area (Å²) in [4.78, 5) is 2.15. The zero-order valence-electron chi connectivity index (χ0n) is 11.2. The second kappa shape index (κ2) is 5.89. The van der Waals surface area contributed by atoms with E-state index in [0.29, 0.717) is 0 Å². The predicted octanol–water partition coefficient (Wildman–Crippen LogP) is 2.09. The van der Waals surface area contributed by atoms with Gasteiger partial charge in [-0.1, -0.05) is 12.1 Å². The Kier molecular flexibility index (Phi) is 4.23. The van der Waals surface area contributed by atoms with Crippen LogP contribution in [0.15, 0.2) is 28.7 Å². The van der Waals surface area contributed by atoms with Gasteiger partial charge in [-0.3, -0.25) is 0 Å². The maximum Gasteiger partial charge on any atom is 0.176 e. The number of nitrogens with zero attached hydrogens (tertiary/aromatic N) is 1. The number of hydrogen-bond donors (Lipinski definition) is 1. The van der Waals surface area contributed by atoms with Crippen LogP contribution < -0.4 is 10.1 Å². The minimum Gasteiger partial charge on any atom is -0.493 e. The lowest BCUT2D eigenvalue weighted by Gasteiger charge is -2.09. The molecule has 2 aromatic rings. The number of ether oxygens (including phenoxy) is 1. The molecule has 0 radical (unpaired) electrons. The summed E-state index contributed by atoms with van der Waals surface area (Å²) >= 11 is 0. The van der Waals surface area contributed by atoms with Gasteiger partial charge in [0.1, 0.15) is 5.76 Å². The minimum absolute atomic E-state index is 0.742. The van der Waals surface area contributed by atoms with E-state index < -0.39 is 0 Å². The molecule has 1 aromatic heterocycles. The lowest BCUT2D eigenvalue weighted by molar-refractivity contribution is 0.390. The molecule has 0 saturated heterocycles. The summed E-state index contributed by atoms with van der Waals surface area (Å²) in [7, 11) is 5.79. The van der Waals surface area contributed by atoms with Gasteiger partial charge >= 0.3 is 0 Å². The second-order valence-corrected chi connectivity index (χ2v) is 4.57. The van der Waals surface area contributed by atoms with Crippen LogP contribution in [0, 0.1) is 0 Å². The fourth-order valence-corrected chi connectivity index (χ4v) is 1.85. The van der Waals surface area contributed by atoms with Gasteiger partial charge in [0.05, 0.1) is 13.7 Å². The zero-order chi connectivity index (χ0) is 13.0. The Balaban J connectivity index is 2.02. The third kappa shape index (κ3) is 3.03. The molecular formula is C14H20N2O2. The SMILES string of the molecule is COc1cccc2cc(CNCCN(C)C)oc12. The first-order valence-corrected chi connectivity index (χ1v) is 6.11. The summed E-state index contributed by atoms with van der Waals surface area (Å²) < 4.78 is 11.1. The van der Waals surface area contributed by atoms with Crippen LogP contribution in [0.2, 0.25) is 0 Å². The van der Waals surface area contributed by atoms with Crippen molar-refractivity contribution in [3.8, 4) is 5.75 Å². The Hall–Kier alpha value is -1.52. The van der Waals surface area contributed by atoms with Crippen LogP contribution in [0.5, 0.6) is 5.75 Å². The number of methoxy groups -OCH3 is 1. The van der Waals surface area contributed by atoms with Crippen molar-refractivity contribution in [2.24, 2.45) is 0 Å². The number of rotatable bonds is 6. The van der Waals surface area contributed by atoms with E-state index in [0.717, 1.165) is 42.1 Å². The standard InChI is InChI=1S/C14H20N2O2/c1-16(2)8-7-15-10-12-9-11-5-4-6-13(17-3)14(11)18-12/h4-6,9,15H,7-8,10H2,1-3H3. The van der Waals surface area contributed by atoms with Gasteiger partial charge in [-0.25, -0.2) is 0 Å². The van der Waals surface area contributed by atoms with E-state index in [-0.39, 0.29) is 0 Å². The van der Waals surface area contributed by atoms with Crippen molar-refractivity contribution in [1.29, 1.82) is 0 Å². The lowest BCUT2D eigenvalue weighted by Crippen LogP contribution is -2.25. The molecule has 1 N–H and O–H groups in total. The van der Waals surface area contributed by atoms with Gasteiger partial charge in [-0.2, -0.15) is 0 Å². The van der Waals surface area contributed by atoms with Crippen LogP contribution in [0.25, 0.3) is 11.0 Å². The second-order valence-electron chi connectivity index (χ2n) is 4.57. The van der Waals surface area contributed by atoms with Gasteiger partial charge in [0.15, 0.2) is 11.3 Å². The molecular weight excluding hydrogens is 228 g/mol. The molecule has 1 aromatic carbocycles. The molecule has 4 heteroatoms. The molecule has 0 bridgehead atoms. The summed E-state index contributed by atoms with van der Waals surface area (Å²) in [6.07, 6.45) is 0. The summed E-state index contributed by atoms with van der Waals surface area (Å²) in [5.41, 5.74) is 0.824. The third-order valence-electron chi connectivity index (χ3n) is 2.81. The third-order valence-corrected chi connectivity index (χ3v) is 2.81. The van der Waals surface area contributed by atoms with E-state index in [9.17, 15) is 0 Å². The highest BCUT2D eigenvalue weighted by Gasteiger charge is 2.07. The average molecular weight is 248 g/mol. The first-order chi connectivity index (χ1) is 8.70. The van der Waals surface area contributed by atoms with Crippen molar-refractivity contribution >= 4 is 11.0 Å². The molecule has 0 atom stereocenters. The van der Waals surface area contributed by atoms with Crippen LogP contribution in [0.3, 0.4) is 0 Å². The van der Waals surface area contributed by atoms with Crippen LogP contribution in [-0.4, -0.2) is 39.2 Å². The normalized spacial score (nSPS) is 11.3. The predicted molar refractivity (Wildman–Crippen MR) is 73.0 cm³/mol. The molecule has 0 amide bonds. The summed E-state index contributed by atoms with van der Waals surface area (Å²) in [6.45, 7) is 2.70. The van der Waals surface area contributed by atoms with Crippen LogP contribution in [-0.2, 0) is 6.54 Å². The number of benzene rings is 1. The van der Waals surface area contributed by atoms with E-state index in [1.807, 2.05) is 18.2 Å². The Morgan fingerprint density at radius 3 is 2.89 bits per heavy atom. The fourth-order valence-electron chi connectivity index (χ4n) is 1.85. The maximum atomic E-state index is 5.80. The van der Waals surface area contributed by atoms with Crippen molar-refractivity contribution in [3.63, 3.8) is 0 Å². The number of fused-ring (bicyclic) bond motifs is 1. The van der Waals surface area contributed by atoms with Crippen LogP contribution >= 0.6 is 0 Å². The van der Waals surface area contributed by atoms with Crippen molar-refractivity contribution in [2.45, 2.75) is 6.54 Å². The molecule has 1 heterocycles. The Morgan fingerprint density at radius 1 is 1.33 bits per heavy atom. The quantitative estimate of drug-likeness (QED) is 0.794. The van der Waals surface area contributed by atoms with Crippen molar-refractivity contribution in [2.75, 3.05) is 34.3 Å². The highest BCUT2D eigenvalue weighted by Crippen LogP contribution is 2.28. The van der Waals surface area contributed by atoms with E-state index in [4.69, 9.17) is 9.15 Å². The fraction of sp³-hybridized carbons (Fsp3) is 0.429. The average Bonchev–Trinajstić information content (AvgIpc) is 2.76. The molecule has 0 spiro atoms. The molecule has 98 valence electrons. The smallest absolute Gasteiger partial charge is 0.176 e. The van der Waals surface area contributed by atoms with Crippen LogP contribution in [0.4, 0.5) is 0 Å². The van der Waals surface area contributed by atoms with E-state index in [1.54, 1.807) is 7.11 Å². The number of para-hydroxylation sites is 1. The Morgan fingerprint density at radius 2 is 2.17 bits per heavy atom. The van der Waals surface area contributed by atoms with Crippen molar-refractivity contribution < 1.29 is 9.15 Å². The number of likely N-dealkylation sites (N-methyl/N-ethyl adjacent to an activating group) is 1. The minimum atomic E-state index is 0.742. The number of furan rings is 1. The summed E-state index contributed by atoms with van der Waals surface area (Å²) in [5, 5.41) is 4.44. The van der Waals surface area contributed by atoms with Gasteiger partial charge < -0.3 is 19.4 Å². The van der Waals surface area contributed by atoms with Crippen LogP contribution in [0.1, 0.15) is 5.76 Å². The molecule has 0 aliphatic heterocycles. The zero-order valence-corrected chi connectivity index (χ0v) is 11.2. The first kappa shape index (κ1) is 12.9. The topological polar surface area (TPSA) is 37.6 Å². The molecule has 4 nitrogen and oxygen atoms in total. The van der Waals surface area contributed by atoms with E-state index >= 15 is 0 Å². The monoisotopic (exact) mass is 248 g/mol. The van der Waals surface area contributed by atoms with Gasteiger partial charge in [-0.15, -0.1) is 0 Å². The van der Waals surface area contributed by atoms with Crippen molar-refractivity contribution in [3.05, 3.63) is 30.0 Å². The largest absolute Gasteiger partial charge is 0.493 e. The molecule has 0 unspecified atom stereocenters. The summed E-state index contributed by atoms with van der Waals surface area (Å²) in [5.74, 6) is 1.72. The Bertz CT molecular complexity index is 505. The highest BCUT2D eigenvalue weighted by atomic mass is 16.5. The lowest BCUT2D eigenvalue weighted by atomic mass is 10.2. The molecule has 0 aliphatic rings. The molecule has 0 saturated carbocycles. The number of hydrogen-bond acceptors (Lipinski definition) is 4. The van der Waals surface area contributed by atoms with Gasteiger partial charge in [0, 0.05) is 18.5 Å². The van der Waals surface area contributed by atoms with Gasteiger partial charge in [-0.05, 0) is 26.2 Å². The maximum absolute atomic E-state index is 5.80. The molecule has 0 aliphatic carbocycles. The van der Waals surface area contributed by atoms with E-state index in [1.165, 1.54) is 0 Å². The molecule has 0 fully saturated rings. The number of nitrogens with one attached hydrogen (secondary N) is 1. The van der Waals surface area contributed by atoms with E-state index in [2.05, 4.69) is 30.4 Å². The van der Waals surface area contributed by atoms with Gasteiger partial charge in [0.25, 0.3) is 0 Å². The molecule has 2 rings (SSSR count). The first-order valence-electron chi connectivity index (χ1n) is 6.11. The summed E-state index contributed by atoms with van der Waals surface area (Å²) in [6, 6.07) is 7.97. The van der Waals surface area contributed by atoms with Crippen molar-refractivity contribution in [1.82, 2.24) is 10.2 Å². The van der Waals surface area contributed by atoms with Gasteiger partial charge in [0.2, 0.25) is 0 Å². The Labute approximate surface area is 108 Å².